The molecule has 1 aliphatic rings. The van der Waals surface area contributed by atoms with Gasteiger partial charge in [-0.3, -0.25) is 4.79 Å². The topological polar surface area (TPSA) is 84.5 Å². The Morgan fingerprint density at radius 1 is 1.07 bits per heavy atom. The van der Waals surface area contributed by atoms with E-state index in [4.69, 9.17) is 4.74 Å². The molecule has 0 saturated carbocycles. The number of para-hydroxylation sites is 2. The minimum Gasteiger partial charge on any atom is -0.457 e. The second kappa shape index (κ2) is 8.10. The third-order valence-electron chi connectivity index (χ3n) is 4.92. The van der Waals surface area contributed by atoms with Gasteiger partial charge in [-0.1, -0.05) is 36.4 Å². The molecule has 1 saturated heterocycles. The van der Waals surface area contributed by atoms with Crippen molar-refractivity contribution in [2.45, 2.75) is 24.1 Å². The van der Waals surface area contributed by atoms with E-state index in [-0.39, 0.29) is 19.4 Å². The normalized spacial score (nSPS) is 16.5. The second-order valence-corrected chi connectivity index (χ2v) is 9.05. The van der Waals surface area contributed by atoms with Gasteiger partial charge in [0.25, 0.3) is 0 Å². The summed E-state index contributed by atoms with van der Waals surface area (Å²) in [5, 5.41) is 5.93. The van der Waals surface area contributed by atoms with Gasteiger partial charge in [0.15, 0.2) is 14.6 Å². The lowest BCUT2D eigenvalue weighted by Crippen LogP contribution is -2.57. The Morgan fingerprint density at radius 3 is 2.37 bits per heavy atom. The number of nitrogens with one attached hydrogen (secondary N) is 2. The molecule has 0 aromatic heterocycles. The summed E-state index contributed by atoms with van der Waals surface area (Å²) in [6.45, 7) is 1.22. The van der Waals surface area contributed by atoms with Crippen LogP contribution >= 0.6 is 0 Å². The van der Waals surface area contributed by atoms with Crippen molar-refractivity contribution in [3.05, 3.63) is 60.2 Å². The summed E-state index contributed by atoms with van der Waals surface area (Å²) >= 11 is 0. The molecule has 144 valence electrons. The number of benzene rings is 2. The molecule has 0 bridgehead atoms. The van der Waals surface area contributed by atoms with E-state index in [1.54, 1.807) is 0 Å². The van der Waals surface area contributed by atoms with Crippen molar-refractivity contribution in [3.8, 4) is 11.5 Å². The highest BCUT2D eigenvalue weighted by Gasteiger charge is 2.48. The van der Waals surface area contributed by atoms with Gasteiger partial charge in [0.05, 0.1) is 0 Å². The Bertz CT molecular complexity index is 891. The summed E-state index contributed by atoms with van der Waals surface area (Å²) in [7, 11) is -3.53. The Kier molecular flexibility index (Phi) is 5.82. The van der Waals surface area contributed by atoms with Crippen molar-refractivity contribution in [1.82, 2.24) is 10.6 Å². The molecule has 2 aromatic rings. The van der Waals surface area contributed by atoms with Crippen LogP contribution in [0.3, 0.4) is 0 Å². The van der Waals surface area contributed by atoms with Crippen LogP contribution in [0.4, 0.5) is 0 Å². The van der Waals surface area contributed by atoms with Gasteiger partial charge in [-0.05, 0) is 44.1 Å². The lowest BCUT2D eigenvalue weighted by atomic mass is 9.95. The molecule has 27 heavy (non-hydrogen) atoms. The Morgan fingerprint density at radius 2 is 1.70 bits per heavy atom. The minimum absolute atomic E-state index is 0.201. The molecule has 1 fully saturated rings. The number of rotatable bonds is 6. The fourth-order valence-corrected chi connectivity index (χ4v) is 4.65. The van der Waals surface area contributed by atoms with E-state index >= 15 is 0 Å². The zero-order valence-corrected chi connectivity index (χ0v) is 16.1. The molecule has 2 N–H and O–H groups in total. The predicted molar refractivity (Wildman–Crippen MR) is 104 cm³/mol. The van der Waals surface area contributed by atoms with E-state index in [9.17, 15) is 13.2 Å². The average Bonchev–Trinajstić information content (AvgIpc) is 2.67. The van der Waals surface area contributed by atoms with Crippen molar-refractivity contribution in [2.24, 2.45) is 0 Å². The first-order chi connectivity index (χ1) is 12.9. The van der Waals surface area contributed by atoms with Crippen LogP contribution in [0, 0.1) is 0 Å². The van der Waals surface area contributed by atoms with Crippen molar-refractivity contribution >= 4 is 15.7 Å². The lowest BCUT2D eigenvalue weighted by molar-refractivity contribution is -0.124. The van der Waals surface area contributed by atoms with Gasteiger partial charge in [0.2, 0.25) is 5.91 Å². The van der Waals surface area contributed by atoms with Crippen molar-refractivity contribution in [1.29, 1.82) is 0 Å². The highest BCUT2D eigenvalue weighted by molar-refractivity contribution is 7.92. The number of carbonyl (C=O) groups is 1. The zero-order valence-electron chi connectivity index (χ0n) is 15.3. The summed E-state index contributed by atoms with van der Waals surface area (Å²) in [6, 6.07) is 16.8. The number of carbonyl (C=O) groups excluding carboxylic acids is 1. The lowest BCUT2D eigenvalue weighted by Gasteiger charge is -2.34. The van der Waals surface area contributed by atoms with E-state index in [0.29, 0.717) is 24.6 Å². The highest BCUT2D eigenvalue weighted by atomic mass is 32.2. The van der Waals surface area contributed by atoms with Gasteiger partial charge in [0, 0.05) is 18.4 Å². The predicted octanol–water partition coefficient (Wildman–Crippen LogP) is 2.26. The SMILES string of the molecule is CS(=O)(=O)C1(C(=O)NCc2ccccc2Oc2ccccc2)CCNCC1. The standard InChI is InChI=1S/C20H24N2O4S/c1-27(24,25)20(11-13-21-14-12-20)19(23)22-15-16-7-5-6-10-18(16)26-17-8-3-2-4-9-17/h2-10,21H,11-15H2,1H3,(H,22,23). The van der Waals surface area contributed by atoms with Gasteiger partial charge in [-0.15, -0.1) is 0 Å². The quantitative estimate of drug-likeness (QED) is 0.793. The van der Waals surface area contributed by atoms with Crippen molar-refractivity contribution in [2.75, 3.05) is 19.3 Å². The number of hydrogen-bond donors (Lipinski definition) is 2. The maximum atomic E-state index is 12.9. The van der Waals surface area contributed by atoms with Crippen LogP contribution in [0.15, 0.2) is 54.6 Å². The summed E-state index contributed by atoms with van der Waals surface area (Å²) < 4.78 is 29.2. The van der Waals surface area contributed by atoms with Gasteiger partial charge in [-0.2, -0.15) is 0 Å². The molecule has 6 nitrogen and oxygen atoms in total. The molecule has 0 spiro atoms. The van der Waals surface area contributed by atoms with Crippen LogP contribution in [-0.2, 0) is 21.2 Å². The van der Waals surface area contributed by atoms with E-state index in [1.807, 2.05) is 54.6 Å². The first-order valence-electron chi connectivity index (χ1n) is 8.92. The number of sulfone groups is 1. The first kappa shape index (κ1) is 19.4. The maximum absolute atomic E-state index is 12.9. The Balaban J connectivity index is 1.75. The summed E-state index contributed by atoms with van der Waals surface area (Å²) in [5.41, 5.74) is 0.785. The number of piperidine rings is 1. The van der Waals surface area contributed by atoms with Crippen molar-refractivity contribution in [3.63, 3.8) is 0 Å². The number of amides is 1. The highest BCUT2D eigenvalue weighted by Crippen LogP contribution is 2.29. The molecule has 2 aromatic carbocycles. The molecular formula is C20H24N2O4S. The van der Waals surface area contributed by atoms with Crippen LogP contribution in [0.2, 0.25) is 0 Å². The first-order valence-corrected chi connectivity index (χ1v) is 10.8. The van der Waals surface area contributed by atoms with Gasteiger partial charge in [-0.25, -0.2) is 8.42 Å². The van der Waals surface area contributed by atoms with E-state index in [2.05, 4.69) is 10.6 Å². The second-order valence-electron chi connectivity index (χ2n) is 6.72. The molecule has 1 heterocycles. The molecule has 0 aliphatic carbocycles. The monoisotopic (exact) mass is 388 g/mol. The molecule has 1 amide bonds. The maximum Gasteiger partial charge on any atom is 0.241 e. The Hall–Kier alpha value is -2.38. The summed E-state index contributed by atoms with van der Waals surface area (Å²) in [5.74, 6) is 0.881. The van der Waals surface area contributed by atoms with Crippen LogP contribution in [-0.4, -0.2) is 38.4 Å². The van der Waals surface area contributed by atoms with Crippen LogP contribution in [0.25, 0.3) is 0 Å². The molecule has 7 heteroatoms. The molecule has 1 aliphatic heterocycles. The van der Waals surface area contributed by atoms with Gasteiger partial charge >= 0.3 is 0 Å². The van der Waals surface area contributed by atoms with Crippen LogP contribution in [0.5, 0.6) is 11.5 Å². The number of hydrogen-bond acceptors (Lipinski definition) is 5. The molecule has 0 unspecified atom stereocenters. The minimum atomic E-state index is -3.53. The smallest absolute Gasteiger partial charge is 0.241 e. The van der Waals surface area contributed by atoms with E-state index in [0.717, 1.165) is 11.8 Å². The Labute approximate surface area is 159 Å². The van der Waals surface area contributed by atoms with Gasteiger partial charge in [0.1, 0.15) is 11.5 Å². The fraction of sp³-hybridized carbons (Fsp3) is 0.350. The van der Waals surface area contributed by atoms with Crippen LogP contribution < -0.4 is 15.4 Å². The van der Waals surface area contributed by atoms with Gasteiger partial charge < -0.3 is 15.4 Å². The molecule has 3 rings (SSSR count). The van der Waals surface area contributed by atoms with E-state index < -0.39 is 20.5 Å². The number of ether oxygens (including phenoxy) is 1. The summed E-state index contributed by atoms with van der Waals surface area (Å²) in [4.78, 5) is 12.9. The summed E-state index contributed by atoms with van der Waals surface area (Å²) in [6.07, 6.45) is 1.70. The molecule has 0 radical (unpaired) electrons. The van der Waals surface area contributed by atoms with Crippen molar-refractivity contribution < 1.29 is 17.9 Å². The molecule has 0 atom stereocenters. The largest absolute Gasteiger partial charge is 0.457 e. The zero-order chi connectivity index (χ0) is 19.3. The third-order valence-corrected chi connectivity index (χ3v) is 6.93. The fourth-order valence-electron chi connectivity index (χ4n) is 3.30. The van der Waals surface area contributed by atoms with E-state index in [1.165, 1.54) is 0 Å². The average molecular weight is 388 g/mol. The molecular weight excluding hydrogens is 364 g/mol. The third kappa shape index (κ3) is 4.31. The van der Waals surface area contributed by atoms with Crippen LogP contribution in [0.1, 0.15) is 18.4 Å².